The van der Waals surface area contributed by atoms with Gasteiger partial charge in [0.15, 0.2) is 5.13 Å². The fourth-order valence-electron chi connectivity index (χ4n) is 4.45. The highest BCUT2D eigenvalue weighted by Crippen LogP contribution is 2.24. The van der Waals surface area contributed by atoms with E-state index >= 15 is 0 Å². The molecule has 0 bridgehead atoms. The highest BCUT2D eigenvalue weighted by Gasteiger charge is 2.21. The van der Waals surface area contributed by atoms with Crippen LogP contribution in [0.2, 0.25) is 0 Å². The topological polar surface area (TPSA) is 79.3 Å². The highest BCUT2D eigenvalue weighted by atomic mass is 32.1. The Bertz CT molecular complexity index is 1040. The molecule has 5 heterocycles. The molecule has 3 aromatic heterocycles. The Morgan fingerprint density at radius 1 is 1.03 bits per heavy atom. The van der Waals surface area contributed by atoms with Crippen LogP contribution in [0.15, 0.2) is 36.7 Å². The van der Waals surface area contributed by atoms with E-state index in [1.165, 1.54) is 17.7 Å². The molecule has 0 atom stereocenters. The van der Waals surface area contributed by atoms with Crippen molar-refractivity contribution in [3.8, 4) is 0 Å². The van der Waals surface area contributed by atoms with Gasteiger partial charge in [-0.1, -0.05) is 6.07 Å². The molecule has 2 saturated heterocycles. The molecule has 3 aromatic rings. The molecule has 0 aliphatic carbocycles. The van der Waals surface area contributed by atoms with E-state index in [-0.39, 0.29) is 0 Å². The number of thiazole rings is 1. The normalized spacial score (nSPS) is 17.9. The van der Waals surface area contributed by atoms with Gasteiger partial charge in [-0.3, -0.25) is 4.90 Å². The molecule has 1 N–H and O–H groups in total. The molecule has 0 radical (unpaired) electrons. The van der Waals surface area contributed by atoms with Crippen molar-refractivity contribution in [1.82, 2.24) is 24.8 Å². The van der Waals surface area contributed by atoms with E-state index < -0.39 is 0 Å². The fraction of sp³-hybridized carbons (Fsp3) is 0.500. The molecule has 33 heavy (non-hydrogen) atoms. The molecule has 0 aromatic carbocycles. The van der Waals surface area contributed by atoms with Gasteiger partial charge in [-0.05, 0) is 63.4 Å². The van der Waals surface area contributed by atoms with Gasteiger partial charge in [0, 0.05) is 42.6 Å². The number of aryl methyl sites for hydroxylation is 1. The van der Waals surface area contributed by atoms with Gasteiger partial charge in [-0.25, -0.2) is 19.9 Å². The van der Waals surface area contributed by atoms with Gasteiger partial charge in [-0.2, -0.15) is 0 Å². The summed E-state index contributed by atoms with van der Waals surface area (Å²) in [6, 6.07) is 8.28. The number of hydrogen-bond acceptors (Lipinski definition) is 9. The maximum Gasteiger partial charge on any atom is 0.225 e. The number of rotatable bonds is 7. The molecule has 8 nitrogen and oxygen atoms in total. The molecular formula is C24H31N7OS. The number of piperidine rings is 1. The average molecular weight is 466 g/mol. The quantitative estimate of drug-likeness (QED) is 0.566. The van der Waals surface area contributed by atoms with Crippen LogP contribution in [-0.2, 0) is 17.7 Å². The Balaban J connectivity index is 1.12. The molecule has 174 valence electrons. The van der Waals surface area contributed by atoms with Crippen LogP contribution in [0, 0.1) is 12.8 Å². The minimum Gasteiger partial charge on any atom is -0.378 e. The number of aromatic nitrogens is 4. The second kappa shape index (κ2) is 10.5. The van der Waals surface area contributed by atoms with Crippen LogP contribution in [0.1, 0.15) is 29.1 Å². The molecule has 0 spiro atoms. The first-order valence-electron chi connectivity index (χ1n) is 11.7. The smallest absolute Gasteiger partial charge is 0.225 e. The number of ether oxygens (including phenoxy) is 1. The van der Waals surface area contributed by atoms with Gasteiger partial charge in [0.05, 0.1) is 18.9 Å². The monoisotopic (exact) mass is 465 g/mol. The molecule has 5 rings (SSSR count). The van der Waals surface area contributed by atoms with Crippen molar-refractivity contribution >= 4 is 28.2 Å². The first kappa shape index (κ1) is 22.2. The third-order valence-corrected chi connectivity index (χ3v) is 7.08. The van der Waals surface area contributed by atoms with E-state index in [9.17, 15) is 0 Å². The van der Waals surface area contributed by atoms with Crippen molar-refractivity contribution in [2.45, 2.75) is 32.7 Å². The summed E-state index contributed by atoms with van der Waals surface area (Å²) in [7, 11) is 0. The third kappa shape index (κ3) is 6.04. The lowest BCUT2D eigenvalue weighted by Gasteiger charge is -2.32. The van der Waals surface area contributed by atoms with Crippen molar-refractivity contribution in [2.75, 3.05) is 49.6 Å². The molecule has 0 unspecified atom stereocenters. The Morgan fingerprint density at radius 3 is 2.67 bits per heavy atom. The molecular weight excluding hydrogens is 434 g/mol. The van der Waals surface area contributed by atoms with Crippen LogP contribution >= 0.6 is 11.3 Å². The van der Waals surface area contributed by atoms with E-state index in [4.69, 9.17) is 14.7 Å². The van der Waals surface area contributed by atoms with E-state index in [0.29, 0.717) is 5.92 Å². The van der Waals surface area contributed by atoms with Crippen molar-refractivity contribution in [3.05, 3.63) is 52.9 Å². The van der Waals surface area contributed by atoms with Gasteiger partial charge in [0.25, 0.3) is 0 Å². The van der Waals surface area contributed by atoms with Gasteiger partial charge in [-0.15, -0.1) is 11.3 Å². The molecule has 9 heteroatoms. The number of nitrogens with one attached hydrogen (secondary N) is 1. The second-order valence-corrected chi connectivity index (χ2v) is 10.0. The standard InChI is InChI=1S/C24H31N7OS/c1-18-16-26-24(33-18)29-22-4-2-3-20(27-22)15-19-6-9-30(10-7-19)17-21-5-8-25-23(28-21)31-11-13-32-14-12-31/h2-5,8,16,19H,6-7,9-15,17H2,1H3,(H,26,27,29). The Kier molecular flexibility index (Phi) is 7.09. The van der Waals surface area contributed by atoms with Crippen LogP contribution < -0.4 is 10.2 Å². The summed E-state index contributed by atoms with van der Waals surface area (Å²) in [6.45, 7) is 8.37. The van der Waals surface area contributed by atoms with Crippen LogP contribution in [0.25, 0.3) is 0 Å². The lowest BCUT2D eigenvalue weighted by Crippen LogP contribution is -2.38. The van der Waals surface area contributed by atoms with E-state index in [0.717, 1.165) is 80.6 Å². The minimum absolute atomic E-state index is 0.667. The first-order valence-corrected chi connectivity index (χ1v) is 12.6. The SMILES string of the molecule is Cc1cnc(Nc2cccc(CC3CCN(Cc4ccnc(N5CCOCC5)n4)CC3)n2)s1. The third-order valence-electron chi connectivity index (χ3n) is 6.25. The Hall–Kier alpha value is -2.62. The summed E-state index contributed by atoms with van der Waals surface area (Å²) in [5.41, 5.74) is 2.25. The molecule has 0 saturated carbocycles. The largest absolute Gasteiger partial charge is 0.378 e. The summed E-state index contributed by atoms with van der Waals surface area (Å²) in [5, 5.41) is 4.23. The van der Waals surface area contributed by atoms with Crippen molar-refractivity contribution in [3.63, 3.8) is 0 Å². The predicted octanol–water partition coefficient (Wildman–Crippen LogP) is 3.67. The second-order valence-electron chi connectivity index (χ2n) is 8.79. The number of morpholine rings is 1. The number of pyridine rings is 1. The summed E-state index contributed by atoms with van der Waals surface area (Å²) >= 11 is 1.65. The molecule has 2 aliphatic heterocycles. The summed E-state index contributed by atoms with van der Waals surface area (Å²) in [5.74, 6) is 2.37. The van der Waals surface area contributed by atoms with Crippen LogP contribution in [0.3, 0.4) is 0 Å². The number of hydrogen-bond donors (Lipinski definition) is 1. The van der Waals surface area contributed by atoms with Gasteiger partial charge in [0.1, 0.15) is 5.82 Å². The first-order chi connectivity index (χ1) is 16.2. The molecule has 2 aliphatic rings. The van der Waals surface area contributed by atoms with Crippen LogP contribution in [0.5, 0.6) is 0 Å². The summed E-state index contributed by atoms with van der Waals surface area (Å²) < 4.78 is 5.44. The minimum atomic E-state index is 0.667. The lowest BCUT2D eigenvalue weighted by molar-refractivity contribution is 0.122. The Labute approximate surface area is 199 Å². The average Bonchev–Trinajstić information content (AvgIpc) is 3.26. The van der Waals surface area contributed by atoms with E-state index in [2.05, 4.69) is 44.1 Å². The Morgan fingerprint density at radius 2 is 1.88 bits per heavy atom. The van der Waals surface area contributed by atoms with Crippen molar-refractivity contribution in [1.29, 1.82) is 0 Å². The number of likely N-dealkylation sites (tertiary alicyclic amines) is 1. The fourth-order valence-corrected chi connectivity index (χ4v) is 5.12. The lowest BCUT2D eigenvalue weighted by atomic mass is 9.92. The zero-order valence-corrected chi connectivity index (χ0v) is 19.9. The van der Waals surface area contributed by atoms with Gasteiger partial charge in [0.2, 0.25) is 5.95 Å². The predicted molar refractivity (Wildman–Crippen MR) is 131 cm³/mol. The molecule has 0 amide bonds. The number of anilines is 3. The van der Waals surface area contributed by atoms with Gasteiger partial charge >= 0.3 is 0 Å². The van der Waals surface area contributed by atoms with Crippen LogP contribution in [0.4, 0.5) is 16.9 Å². The zero-order chi connectivity index (χ0) is 22.5. The zero-order valence-electron chi connectivity index (χ0n) is 19.1. The van der Waals surface area contributed by atoms with Gasteiger partial charge < -0.3 is 15.0 Å². The summed E-state index contributed by atoms with van der Waals surface area (Å²) in [4.78, 5) is 24.4. The highest BCUT2D eigenvalue weighted by molar-refractivity contribution is 7.15. The maximum atomic E-state index is 5.44. The van der Waals surface area contributed by atoms with E-state index in [1.54, 1.807) is 11.3 Å². The van der Waals surface area contributed by atoms with Crippen molar-refractivity contribution < 1.29 is 4.74 Å². The number of nitrogens with zero attached hydrogens (tertiary/aromatic N) is 6. The van der Waals surface area contributed by atoms with Crippen LogP contribution in [-0.4, -0.2) is 64.2 Å². The molecule has 2 fully saturated rings. The van der Waals surface area contributed by atoms with E-state index in [1.807, 2.05) is 24.5 Å². The van der Waals surface area contributed by atoms with Crippen molar-refractivity contribution in [2.24, 2.45) is 5.92 Å². The summed E-state index contributed by atoms with van der Waals surface area (Å²) in [6.07, 6.45) is 7.17. The maximum absolute atomic E-state index is 5.44.